The average Bonchev–Trinajstić information content (AvgIpc) is 2.20. The van der Waals surface area contributed by atoms with Crippen molar-refractivity contribution in [3.63, 3.8) is 0 Å². The molecular formula is C8H12N4OS. The van der Waals surface area contributed by atoms with E-state index in [-0.39, 0.29) is 5.91 Å². The van der Waals surface area contributed by atoms with Crippen LogP contribution in [-0.4, -0.2) is 16.6 Å². The van der Waals surface area contributed by atoms with Gasteiger partial charge in [-0.05, 0) is 6.07 Å². The second-order valence-corrected chi connectivity index (χ2v) is 3.72. The lowest BCUT2D eigenvalue weighted by Gasteiger charge is -2.03. The summed E-state index contributed by atoms with van der Waals surface area (Å²) in [5.74, 6) is 5.41. The third kappa shape index (κ3) is 3.23. The Morgan fingerprint density at radius 3 is 3.07 bits per heavy atom. The topological polar surface area (TPSA) is 94.0 Å². The van der Waals surface area contributed by atoms with Crippen molar-refractivity contribution in [2.24, 2.45) is 5.84 Å². The first-order valence-corrected chi connectivity index (χ1v) is 5.04. The highest BCUT2D eigenvalue weighted by Crippen LogP contribution is 2.23. The Balaban J connectivity index is 2.39. The van der Waals surface area contributed by atoms with Gasteiger partial charge < -0.3 is 5.73 Å². The summed E-state index contributed by atoms with van der Waals surface area (Å²) in [4.78, 5) is 15.6. The van der Waals surface area contributed by atoms with Gasteiger partial charge in [-0.2, -0.15) is 0 Å². The number of nitrogen functional groups attached to an aromatic ring is 1. The largest absolute Gasteiger partial charge is 0.397 e. The number of hydrazine groups is 1. The van der Waals surface area contributed by atoms with Crippen LogP contribution in [0, 0.1) is 0 Å². The summed E-state index contributed by atoms with van der Waals surface area (Å²) in [5, 5.41) is 0. The Morgan fingerprint density at radius 1 is 1.64 bits per heavy atom. The molecule has 0 spiro atoms. The monoisotopic (exact) mass is 212 g/mol. The number of hydrogen-bond acceptors (Lipinski definition) is 5. The Morgan fingerprint density at radius 2 is 2.43 bits per heavy atom. The summed E-state index contributed by atoms with van der Waals surface area (Å²) in [7, 11) is 0. The predicted molar refractivity (Wildman–Crippen MR) is 56.3 cm³/mol. The van der Waals surface area contributed by atoms with Gasteiger partial charge in [0.25, 0.3) is 0 Å². The highest BCUT2D eigenvalue weighted by atomic mass is 32.2. The maximum atomic E-state index is 10.8. The zero-order valence-corrected chi connectivity index (χ0v) is 8.38. The number of anilines is 1. The molecule has 0 saturated carbocycles. The number of rotatable bonds is 4. The van der Waals surface area contributed by atoms with Gasteiger partial charge in [-0.3, -0.25) is 15.2 Å². The van der Waals surface area contributed by atoms with Crippen LogP contribution in [0.4, 0.5) is 5.69 Å². The first-order valence-electron chi connectivity index (χ1n) is 4.05. The molecule has 1 aromatic heterocycles. The Bertz CT molecular complexity index is 318. The van der Waals surface area contributed by atoms with Gasteiger partial charge in [0.15, 0.2) is 0 Å². The molecule has 0 aliphatic carbocycles. The van der Waals surface area contributed by atoms with Crippen molar-refractivity contribution < 1.29 is 4.79 Å². The molecule has 76 valence electrons. The maximum Gasteiger partial charge on any atom is 0.234 e. The molecule has 14 heavy (non-hydrogen) atoms. The quantitative estimate of drug-likeness (QED) is 0.285. The Kier molecular flexibility index (Phi) is 4.21. The van der Waals surface area contributed by atoms with Crippen LogP contribution in [0.3, 0.4) is 0 Å². The SMILES string of the molecule is NNC(=O)CCSc1ccncc1N. The lowest BCUT2D eigenvalue weighted by atomic mass is 10.4. The summed E-state index contributed by atoms with van der Waals surface area (Å²) in [6.45, 7) is 0. The van der Waals surface area contributed by atoms with Crippen LogP contribution < -0.4 is 17.0 Å². The number of carbonyl (C=O) groups excluding carboxylic acids is 1. The standard InChI is InChI=1S/C8H12N4OS/c9-6-5-11-3-1-7(6)14-4-2-8(13)12-10/h1,3,5H,2,4,9-10H2,(H,12,13). The number of aromatic nitrogens is 1. The molecule has 0 bridgehead atoms. The Hall–Kier alpha value is -1.27. The number of nitrogens with two attached hydrogens (primary N) is 2. The molecule has 5 nitrogen and oxygen atoms in total. The van der Waals surface area contributed by atoms with Crippen molar-refractivity contribution in [3.8, 4) is 0 Å². The molecule has 0 aliphatic rings. The number of hydrogen-bond donors (Lipinski definition) is 3. The summed E-state index contributed by atoms with van der Waals surface area (Å²) in [6, 6.07) is 1.82. The van der Waals surface area contributed by atoms with Gasteiger partial charge in [0.1, 0.15) is 0 Å². The fourth-order valence-electron chi connectivity index (χ4n) is 0.851. The zero-order valence-electron chi connectivity index (χ0n) is 7.56. The fourth-order valence-corrected chi connectivity index (χ4v) is 1.74. The third-order valence-corrected chi connectivity index (χ3v) is 2.65. The van der Waals surface area contributed by atoms with Crippen molar-refractivity contribution >= 4 is 23.4 Å². The van der Waals surface area contributed by atoms with Crippen molar-refractivity contribution in [2.45, 2.75) is 11.3 Å². The molecule has 5 N–H and O–H groups in total. The lowest BCUT2D eigenvalue weighted by molar-refractivity contribution is -0.120. The van der Waals surface area contributed by atoms with Crippen molar-refractivity contribution in [1.29, 1.82) is 0 Å². The lowest BCUT2D eigenvalue weighted by Crippen LogP contribution is -2.30. The molecule has 1 rings (SSSR count). The zero-order chi connectivity index (χ0) is 10.4. The number of nitrogens with zero attached hydrogens (tertiary/aromatic N) is 1. The molecule has 1 heterocycles. The number of pyridine rings is 1. The van der Waals surface area contributed by atoms with Crippen LogP contribution in [0.5, 0.6) is 0 Å². The molecule has 0 fully saturated rings. The van der Waals surface area contributed by atoms with Crippen LogP contribution in [0.2, 0.25) is 0 Å². The van der Waals surface area contributed by atoms with Crippen LogP contribution in [0.1, 0.15) is 6.42 Å². The minimum absolute atomic E-state index is 0.176. The normalized spacial score (nSPS) is 9.79. The molecule has 0 unspecified atom stereocenters. The predicted octanol–water partition coefficient (Wildman–Crippen LogP) is 0.136. The van der Waals surface area contributed by atoms with Gasteiger partial charge in [0.05, 0.1) is 11.9 Å². The van der Waals surface area contributed by atoms with E-state index in [9.17, 15) is 4.79 Å². The van der Waals surface area contributed by atoms with E-state index in [1.807, 2.05) is 6.07 Å². The van der Waals surface area contributed by atoms with Crippen LogP contribution in [0.25, 0.3) is 0 Å². The molecule has 0 aliphatic heterocycles. The van der Waals surface area contributed by atoms with E-state index in [4.69, 9.17) is 11.6 Å². The van der Waals surface area contributed by atoms with E-state index in [0.717, 1.165) is 4.90 Å². The molecule has 1 aromatic rings. The molecule has 0 saturated heterocycles. The van der Waals surface area contributed by atoms with Gasteiger partial charge in [-0.15, -0.1) is 11.8 Å². The smallest absolute Gasteiger partial charge is 0.234 e. The highest BCUT2D eigenvalue weighted by Gasteiger charge is 2.01. The molecule has 6 heteroatoms. The van der Waals surface area contributed by atoms with E-state index < -0.39 is 0 Å². The fraction of sp³-hybridized carbons (Fsp3) is 0.250. The van der Waals surface area contributed by atoms with Crippen molar-refractivity contribution in [1.82, 2.24) is 10.4 Å². The second kappa shape index (κ2) is 5.46. The summed E-state index contributed by atoms with van der Waals surface area (Å²) < 4.78 is 0. The number of amides is 1. The molecule has 1 amide bonds. The minimum atomic E-state index is -0.176. The van der Waals surface area contributed by atoms with E-state index in [0.29, 0.717) is 17.9 Å². The van der Waals surface area contributed by atoms with Gasteiger partial charge in [0.2, 0.25) is 5.91 Å². The molecule has 0 aromatic carbocycles. The summed E-state index contributed by atoms with van der Waals surface area (Å²) in [5.41, 5.74) is 8.36. The third-order valence-electron chi connectivity index (χ3n) is 1.56. The van der Waals surface area contributed by atoms with Gasteiger partial charge in [-0.25, -0.2) is 5.84 Å². The molecule has 0 atom stereocenters. The second-order valence-electron chi connectivity index (χ2n) is 2.58. The van der Waals surface area contributed by atoms with Crippen LogP contribution in [0.15, 0.2) is 23.4 Å². The number of thioether (sulfide) groups is 1. The van der Waals surface area contributed by atoms with Crippen LogP contribution in [-0.2, 0) is 4.79 Å². The van der Waals surface area contributed by atoms with Crippen molar-refractivity contribution in [2.75, 3.05) is 11.5 Å². The minimum Gasteiger partial charge on any atom is -0.397 e. The number of carbonyl (C=O) groups is 1. The molecule has 0 radical (unpaired) electrons. The average molecular weight is 212 g/mol. The van der Waals surface area contributed by atoms with E-state index >= 15 is 0 Å². The summed E-state index contributed by atoms with van der Waals surface area (Å²) in [6.07, 6.45) is 3.63. The van der Waals surface area contributed by atoms with Crippen molar-refractivity contribution in [3.05, 3.63) is 18.5 Å². The number of nitrogens with one attached hydrogen (secondary N) is 1. The van der Waals surface area contributed by atoms with Gasteiger partial charge in [0, 0.05) is 23.3 Å². The van der Waals surface area contributed by atoms with E-state index in [2.05, 4.69) is 10.4 Å². The van der Waals surface area contributed by atoms with E-state index in [1.165, 1.54) is 11.8 Å². The first-order chi connectivity index (χ1) is 6.74. The summed E-state index contributed by atoms with van der Waals surface area (Å²) >= 11 is 1.51. The van der Waals surface area contributed by atoms with Gasteiger partial charge >= 0.3 is 0 Å². The maximum absolute atomic E-state index is 10.8. The Labute approximate surface area is 86.2 Å². The van der Waals surface area contributed by atoms with Crippen LogP contribution >= 0.6 is 11.8 Å². The van der Waals surface area contributed by atoms with E-state index in [1.54, 1.807) is 12.4 Å². The highest BCUT2D eigenvalue weighted by molar-refractivity contribution is 7.99. The molecular weight excluding hydrogens is 200 g/mol. The first kappa shape index (κ1) is 10.8. The van der Waals surface area contributed by atoms with Gasteiger partial charge in [-0.1, -0.05) is 0 Å².